The lowest BCUT2D eigenvalue weighted by molar-refractivity contribution is -0.129. The standard InChI is InChI=1S/C24H20F3N3O5S/c1-30-21(31)23(29-22(30)28,18-9-5-11-20(14-18)35-36(32,33)24(25,26)27)17-8-3-6-15(12-17)16-7-4-10-19(13-16)34-2/h3-14H,1-2H3,(H2,28,29). The summed E-state index contributed by atoms with van der Waals surface area (Å²) in [6.07, 6.45) is 0. The molecule has 0 fully saturated rings. The summed E-state index contributed by atoms with van der Waals surface area (Å²) >= 11 is 0. The number of nitrogens with zero attached hydrogens (tertiary/aromatic N) is 2. The minimum absolute atomic E-state index is 0.0671. The molecule has 1 amide bonds. The molecule has 3 aromatic carbocycles. The van der Waals surface area contributed by atoms with Crippen LogP contribution in [0, 0.1) is 0 Å². The molecular weight excluding hydrogens is 499 g/mol. The Hall–Kier alpha value is -4.06. The molecule has 36 heavy (non-hydrogen) atoms. The maximum atomic E-state index is 13.5. The van der Waals surface area contributed by atoms with E-state index in [1.54, 1.807) is 42.5 Å². The molecule has 1 atom stereocenters. The summed E-state index contributed by atoms with van der Waals surface area (Å²) < 4.78 is 71.2. The summed E-state index contributed by atoms with van der Waals surface area (Å²) in [7, 11) is -2.99. The highest BCUT2D eigenvalue weighted by atomic mass is 32.2. The second-order valence-corrected chi connectivity index (χ2v) is 9.41. The van der Waals surface area contributed by atoms with E-state index < -0.39 is 32.8 Å². The first-order chi connectivity index (χ1) is 16.9. The van der Waals surface area contributed by atoms with Gasteiger partial charge in [-0.05, 0) is 52.6 Å². The lowest BCUT2D eigenvalue weighted by Crippen LogP contribution is -2.41. The number of halogens is 3. The number of carbonyl (C=O) groups is 1. The molecular formula is C24H20F3N3O5S. The minimum atomic E-state index is -5.93. The summed E-state index contributed by atoms with van der Waals surface area (Å²) in [6, 6.07) is 18.8. The number of hydrogen-bond acceptors (Lipinski definition) is 7. The molecule has 1 unspecified atom stereocenters. The zero-order chi connectivity index (χ0) is 26.3. The van der Waals surface area contributed by atoms with E-state index in [4.69, 9.17) is 10.5 Å². The number of rotatable bonds is 6. The van der Waals surface area contributed by atoms with Crippen molar-refractivity contribution >= 4 is 22.0 Å². The molecule has 12 heteroatoms. The molecule has 8 nitrogen and oxygen atoms in total. The molecule has 0 spiro atoms. The van der Waals surface area contributed by atoms with Gasteiger partial charge in [-0.1, -0.05) is 42.5 Å². The normalized spacial score (nSPS) is 18.2. The van der Waals surface area contributed by atoms with Gasteiger partial charge in [-0.3, -0.25) is 9.69 Å². The fourth-order valence-corrected chi connectivity index (χ4v) is 4.31. The van der Waals surface area contributed by atoms with Gasteiger partial charge in [0, 0.05) is 7.05 Å². The quantitative estimate of drug-likeness (QED) is 0.393. The van der Waals surface area contributed by atoms with E-state index in [0.717, 1.165) is 22.6 Å². The summed E-state index contributed by atoms with van der Waals surface area (Å²) in [6.45, 7) is 0. The Morgan fingerprint density at radius 2 is 1.47 bits per heavy atom. The van der Waals surface area contributed by atoms with Gasteiger partial charge in [0.05, 0.1) is 7.11 Å². The van der Waals surface area contributed by atoms with Gasteiger partial charge in [0.15, 0.2) is 11.5 Å². The number of hydrogen-bond donors (Lipinski definition) is 1. The average molecular weight is 520 g/mol. The van der Waals surface area contributed by atoms with Crippen molar-refractivity contribution in [1.82, 2.24) is 4.90 Å². The summed E-state index contributed by atoms with van der Waals surface area (Å²) in [5.41, 5.74) is 0.443. The highest BCUT2D eigenvalue weighted by Crippen LogP contribution is 2.42. The Labute approximate surface area is 204 Å². The number of likely N-dealkylation sites (N-methyl/N-ethyl adjacent to an activating group) is 1. The Bertz CT molecular complexity index is 1470. The molecule has 1 heterocycles. The molecule has 188 valence electrons. The third-order valence-corrected chi connectivity index (χ3v) is 6.64. The van der Waals surface area contributed by atoms with Gasteiger partial charge < -0.3 is 14.7 Å². The Morgan fingerprint density at radius 1 is 0.917 bits per heavy atom. The van der Waals surface area contributed by atoms with Crippen molar-refractivity contribution in [3.8, 4) is 22.6 Å². The molecule has 0 aliphatic carbocycles. The number of amides is 1. The van der Waals surface area contributed by atoms with Gasteiger partial charge in [-0.25, -0.2) is 4.99 Å². The molecule has 0 radical (unpaired) electrons. The van der Waals surface area contributed by atoms with Crippen LogP contribution in [0.25, 0.3) is 11.1 Å². The van der Waals surface area contributed by atoms with Crippen LogP contribution in [-0.4, -0.2) is 44.9 Å². The van der Waals surface area contributed by atoms with Crippen molar-refractivity contribution in [2.45, 2.75) is 11.0 Å². The van der Waals surface area contributed by atoms with E-state index in [2.05, 4.69) is 9.18 Å². The molecule has 1 aliphatic rings. The Kier molecular flexibility index (Phi) is 6.17. The maximum Gasteiger partial charge on any atom is 0.534 e. The van der Waals surface area contributed by atoms with Crippen LogP contribution in [0.4, 0.5) is 13.2 Å². The van der Waals surface area contributed by atoms with Crippen LogP contribution in [0.5, 0.6) is 11.5 Å². The monoisotopic (exact) mass is 519 g/mol. The molecule has 4 rings (SSSR count). The van der Waals surface area contributed by atoms with Gasteiger partial charge in [0.1, 0.15) is 11.5 Å². The van der Waals surface area contributed by atoms with Crippen molar-refractivity contribution < 1.29 is 35.3 Å². The summed E-state index contributed by atoms with van der Waals surface area (Å²) in [4.78, 5) is 19.0. The molecule has 0 saturated heterocycles. The number of nitrogens with two attached hydrogens (primary N) is 1. The SMILES string of the molecule is COc1cccc(-c2cccc(C3(c4cccc(OS(=O)(=O)C(F)(F)F)c4)N=C(N)N(C)C3=O)c2)c1. The summed E-state index contributed by atoms with van der Waals surface area (Å²) in [5.74, 6) is -0.730. The first-order valence-corrected chi connectivity index (χ1v) is 11.8. The van der Waals surface area contributed by atoms with Gasteiger partial charge in [0.2, 0.25) is 0 Å². The highest BCUT2D eigenvalue weighted by molar-refractivity contribution is 7.88. The van der Waals surface area contributed by atoms with Crippen LogP contribution in [0.15, 0.2) is 77.8 Å². The smallest absolute Gasteiger partial charge is 0.497 e. The number of guanidine groups is 1. The van der Waals surface area contributed by atoms with E-state index >= 15 is 0 Å². The van der Waals surface area contributed by atoms with Gasteiger partial charge in [0.25, 0.3) is 5.91 Å². The van der Waals surface area contributed by atoms with Crippen LogP contribution in [-0.2, 0) is 20.5 Å². The molecule has 0 saturated carbocycles. The zero-order valence-electron chi connectivity index (χ0n) is 19.0. The fourth-order valence-electron chi connectivity index (χ4n) is 3.86. The predicted octanol–water partition coefficient (Wildman–Crippen LogP) is 3.62. The van der Waals surface area contributed by atoms with Crippen LogP contribution < -0.4 is 14.7 Å². The molecule has 0 aromatic heterocycles. The third-order valence-electron chi connectivity index (χ3n) is 5.66. The average Bonchev–Trinajstić information content (AvgIpc) is 3.08. The predicted molar refractivity (Wildman–Crippen MR) is 126 cm³/mol. The number of ether oxygens (including phenoxy) is 1. The second-order valence-electron chi connectivity index (χ2n) is 7.87. The van der Waals surface area contributed by atoms with Crippen LogP contribution in [0.3, 0.4) is 0 Å². The topological polar surface area (TPSA) is 111 Å². The molecule has 0 bridgehead atoms. The van der Waals surface area contributed by atoms with Crippen LogP contribution in [0.2, 0.25) is 0 Å². The number of carbonyl (C=O) groups excluding carboxylic acids is 1. The molecule has 1 aliphatic heterocycles. The van der Waals surface area contributed by atoms with Gasteiger partial charge in [-0.15, -0.1) is 0 Å². The first kappa shape index (κ1) is 25.0. The zero-order valence-corrected chi connectivity index (χ0v) is 19.8. The summed E-state index contributed by atoms with van der Waals surface area (Å²) in [5, 5.41) is 0. The van der Waals surface area contributed by atoms with Gasteiger partial charge in [-0.2, -0.15) is 21.6 Å². The van der Waals surface area contributed by atoms with Crippen molar-refractivity contribution in [3.05, 3.63) is 83.9 Å². The van der Waals surface area contributed by atoms with Crippen LogP contribution >= 0.6 is 0 Å². The highest BCUT2D eigenvalue weighted by Gasteiger charge is 2.51. The van der Waals surface area contributed by atoms with E-state index in [0.29, 0.717) is 16.9 Å². The van der Waals surface area contributed by atoms with Crippen molar-refractivity contribution in [2.24, 2.45) is 10.7 Å². The number of methoxy groups -OCH3 is 1. The minimum Gasteiger partial charge on any atom is -0.497 e. The number of benzene rings is 3. The first-order valence-electron chi connectivity index (χ1n) is 10.4. The Morgan fingerprint density at radius 3 is 2.06 bits per heavy atom. The fraction of sp³-hybridized carbons (Fsp3) is 0.167. The second kappa shape index (κ2) is 8.86. The van der Waals surface area contributed by atoms with E-state index in [-0.39, 0.29) is 11.5 Å². The molecule has 3 aromatic rings. The lowest BCUT2D eigenvalue weighted by atomic mass is 9.81. The van der Waals surface area contributed by atoms with Crippen LogP contribution in [0.1, 0.15) is 11.1 Å². The lowest BCUT2D eigenvalue weighted by Gasteiger charge is -2.27. The third kappa shape index (κ3) is 4.24. The number of alkyl halides is 3. The maximum absolute atomic E-state index is 13.5. The number of aliphatic imine (C=N–C) groups is 1. The molecule has 2 N–H and O–H groups in total. The van der Waals surface area contributed by atoms with Gasteiger partial charge >= 0.3 is 15.6 Å². The largest absolute Gasteiger partial charge is 0.534 e. The van der Waals surface area contributed by atoms with E-state index in [1.165, 1.54) is 26.3 Å². The van der Waals surface area contributed by atoms with Crippen molar-refractivity contribution in [1.29, 1.82) is 0 Å². The van der Waals surface area contributed by atoms with Crippen molar-refractivity contribution in [3.63, 3.8) is 0 Å². The Balaban J connectivity index is 1.88. The van der Waals surface area contributed by atoms with E-state index in [1.807, 2.05) is 6.07 Å². The van der Waals surface area contributed by atoms with E-state index in [9.17, 15) is 26.4 Å². The van der Waals surface area contributed by atoms with Crippen molar-refractivity contribution in [2.75, 3.05) is 14.2 Å².